The highest BCUT2D eigenvalue weighted by Gasteiger charge is 2.15. The maximum Gasteiger partial charge on any atom is 0.307 e. The number of hydrogen-bond acceptors (Lipinski definition) is 5. The van der Waals surface area contributed by atoms with Gasteiger partial charge in [-0.1, -0.05) is 28.1 Å². The number of methoxy groups -OCH3 is 1. The highest BCUT2D eigenvalue weighted by Crippen LogP contribution is 2.37. The molecule has 6 nitrogen and oxygen atoms in total. The zero-order valence-electron chi connectivity index (χ0n) is 17.6. The molecule has 0 atom stereocenters. The Hall–Kier alpha value is -2.69. The van der Waals surface area contributed by atoms with E-state index < -0.39 is 5.91 Å². The lowest BCUT2D eigenvalue weighted by Crippen LogP contribution is -2.16. The lowest BCUT2D eigenvalue weighted by molar-refractivity contribution is 0.0929. The number of furan rings is 1. The Morgan fingerprint density at radius 2 is 1.85 bits per heavy atom. The van der Waals surface area contributed by atoms with Crippen LogP contribution in [0.3, 0.4) is 0 Å². The summed E-state index contributed by atoms with van der Waals surface area (Å²) in [6.07, 6.45) is 1.48. The molecule has 1 heterocycles. The van der Waals surface area contributed by atoms with Gasteiger partial charge in [0.2, 0.25) is 0 Å². The highest BCUT2D eigenvalue weighted by atomic mass is 79.9. The number of hydrogen-bond donors (Lipinski definition) is 1. The molecule has 4 aromatic rings. The summed E-state index contributed by atoms with van der Waals surface area (Å²) in [5, 5.41) is 4.80. The van der Waals surface area contributed by atoms with Crippen molar-refractivity contribution < 1.29 is 23.1 Å². The van der Waals surface area contributed by atoms with Gasteiger partial charge < -0.3 is 13.9 Å². The molecule has 174 valence electrons. The number of halogens is 4. The van der Waals surface area contributed by atoms with E-state index in [2.05, 4.69) is 58.3 Å². The van der Waals surface area contributed by atoms with E-state index in [9.17, 15) is 9.18 Å². The van der Waals surface area contributed by atoms with E-state index in [1.807, 2.05) is 12.1 Å². The third-order valence-corrected chi connectivity index (χ3v) is 6.32. The summed E-state index contributed by atoms with van der Waals surface area (Å²) in [7, 11) is 1.52. The van der Waals surface area contributed by atoms with Gasteiger partial charge in [-0.15, -0.1) is 0 Å². The molecule has 0 fully saturated rings. The van der Waals surface area contributed by atoms with Crippen LogP contribution in [0.4, 0.5) is 4.39 Å². The van der Waals surface area contributed by atoms with Gasteiger partial charge in [-0.05, 0) is 85.5 Å². The van der Waals surface area contributed by atoms with Crippen LogP contribution < -0.4 is 14.9 Å². The van der Waals surface area contributed by atoms with Crippen molar-refractivity contribution in [2.24, 2.45) is 5.10 Å². The van der Waals surface area contributed by atoms with Crippen molar-refractivity contribution in [1.29, 1.82) is 0 Å². The van der Waals surface area contributed by atoms with E-state index in [0.29, 0.717) is 27.1 Å². The van der Waals surface area contributed by atoms with Crippen LogP contribution in [0.25, 0.3) is 11.0 Å². The molecule has 0 aliphatic heterocycles. The van der Waals surface area contributed by atoms with Crippen molar-refractivity contribution in [1.82, 2.24) is 5.43 Å². The average Bonchev–Trinajstić information content (AvgIpc) is 3.23. The van der Waals surface area contributed by atoms with Crippen LogP contribution in [-0.2, 0) is 6.61 Å². The molecule has 0 bridgehead atoms. The Morgan fingerprint density at radius 1 is 1.09 bits per heavy atom. The van der Waals surface area contributed by atoms with Gasteiger partial charge >= 0.3 is 5.91 Å². The number of carbonyl (C=O) groups is 1. The Kier molecular flexibility index (Phi) is 7.70. The molecule has 3 aromatic carbocycles. The van der Waals surface area contributed by atoms with Crippen molar-refractivity contribution in [3.05, 3.63) is 90.7 Å². The molecule has 1 amide bonds. The number of fused-ring (bicyclic) bond motifs is 1. The Morgan fingerprint density at radius 3 is 2.59 bits per heavy atom. The second-order valence-electron chi connectivity index (χ2n) is 7.06. The molecule has 34 heavy (non-hydrogen) atoms. The Labute approximate surface area is 219 Å². The molecule has 0 spiro atoms. The van der Waals surface area contributed by atoms with Crippen LogP contribution in [0.5, 0.6) is 11.5 Å². The SMILES string of the molecule is COc1cc(/C=N\NC(=O)c2cc3cc(Br)cc(Br)c3o2)cc(Br)c1OCc1ccc(F)cc1. The fraction of sp³-hybridized carbons (Fsp3) is 0.0833. The monoisotopic (exact) mass is 652 g/mol. The van der Waals surface area contributed by atoms with Gasteiger partial charge in [0, 0.05) is 9.86 Å². The van der Waals surface area contributed by atoms with E-state index in [4.69, 9.17) is 13.9 Å². The number of ether oxygens (including phenoxy) is 2. The molecular weight excluding hydrogens is 639 g/mol. The largest absolute Gasteiger partial charge is 0.493 e. The molecular formula is C24H16Br3FN2O4. The number of rotatable bonds is 7. The summed E-state index contributed by atoms with van der Waals surface area (Å²) in [6, 6.07) is 14.9. The van der Waals surface area contributed by atoms with Crippen molar-refractivity contribution in [2.45, 2.75) is 6.61 Å². The first kappa shape index (κ1) is 24.4. The van der Waals surface area contributed by atoms with E-state index in [0.717, 1.165) is 19.9 Å². The van der Waals surface area contributed by atoms with Crippen LogP contribution in [0.1, 0.15) is 21.7 Å². The fourth-order valence-electron chi connectivity index (χ4n) is 3.10. The zero-order chi connectivity index (χ0) is 24.2. The minimum atomic E-state index is -0.485. The van der Waals surface area contributed by atoms with Gasteiger partial charge in [0.1, 0.15) is 18.0 Å². The topological polar surface area (TPSA) is 73.1 Å². The van der Waals surface area contributed by atoms with E-state index in [-0.39, 0.29) is 18.2 Å². The van der Waals surface area contributed by atoms with E-state index in [1.54, 1.807) is 30.3 Å². The maximum atomic E-state index is 13.1. The van der Waals surface area contributed by atoms with Crippen LogP contribution in [0.15, 0.2) is 77.5 Å². The van der Waals surface area contributed by atoms with Gasteiger partial charge in [-0.25, -0.2) is 9.82 Å². The first-order valence-electron chi connectivity index (χ1n) is 9.81. The number of nitrogens with zero attached hydrogens (tertiary/aromatic N) is 1. The third kappa shape index (κ3) is 5.68. The minimum absolute atomic E-state index is 0.134. The second kappa shape index (κ2) is 10.7. The molecule has 0 unspecified atom stereocenters. The molecule has 10 heteroatoms. The molecule has 0 saturated carbocycles. The molecule has 1 aromatic heterocycles. The van der Waals surface area contributed by atoms with Crippen molar-refractivity contribution in [2.75, 3.05) is 7.11 Å². The molecule has 0 saturated heterocycles. The lowest BCUT2D eigenvalue weighted by atomic mass is 10.2. The smallest absolute Gasteiger partial charge is 0.307 e. The quantitative estimate of drug-likeness (QED) is 0.169. The fourth-order valence-corrected chi connectivity index (χ4v) is 5.01. The van der Waals surface area contributed by atoms with Gasteiger partial charge in [0.05, 0.1) is 22.3 Å². The Bertz CT molecular complexity index is 1390. The third-order valence-electron chi connectivity index (χ3n) is 4.69. The first-order valence-corrected chi connectivity index (χ1v) is 12.2. The number of benzene rings is 3. The predicted octanol–water partition coefficient (Wildman–Crippen LogP) is 7.21. The zero-order valence-corrected chi connectivity index (χ0v) is 22.3. The van der Waals surface area contributed by atoms with Gasteiger partial charge in [0.25, 0.3) is 0 Å². The molecule has 0 aliphatic carbocycles. The normalized spacial score (nSPS) is 11.2. The number of carbonyl (C=O) groups excluding carboxylic acids is 1. The minimum Gasteiger partial charge on any atom is -0.493 e. The van der Waals surface area contributed by atoms with Crippen molar-refractivity contribution in [3.8, 4) is 11.5 Å². The predicted molar refractivity (Wildman–Crippen MR) is 138 cm³/mol. The average molecular weight is 655 g/mol. The Balaban J connectivity index is 1.45. The van der Waals surface area contributed by atoms with Crippen LogP contribution >= 0.6 is 47.8 Å². The summed E-state index contributed by atoms with van der Waals surface area (Å²) in [5.41, 5.74) is 4.50. The summed E-state index contributed by atoms with van der Waals surface area (Å²) < 4.78 is 32.3. The molecule has 4 rings (SSSR count). The summed E-state index contributed by atoms with van der Waals surface area (Å²) in [6.45, 7) is 0.239. The van der Waals surface area contributed by atoms with Crippen LogP contribution in [0.2, 0.25) is 0 Å². The number of hydrazone groups is 1. The number of nitrogens with one attached hydrogen (secondary N) is 1. The summed E-state index contributed by atoms with van der Waals surface area (Å²) in [5.74, 6) is 0.304. The molecule has 0 radical (unpaired) electrons. The second-order valence-corrected chi connectivity index (χ2v) is 9.69. The standard InChI is InChI=1S/C24H16Br3FN2O4/c1-32-20-7-14(6-18(26)23(20)33-12-13-2-4-17(28)5-3-13)11-29-30-24(31)21-9-15-8-16(25)10-19(27)22(15)34-21/h2-11H,12H2,1H3,(H,30,31)/b29-11-. The first-order chi connectivity index (χ1) is 16.3. The van der Waals surface area contributed by atoms with Gasteiger partial charge in [-0.3, -0.25) is 4.79 Å². The molecule has 1 N–H and O–H groups in total. The number of amides is 1. The van der Waals surface area contributed by atoms with Crippen molar-refractivity contribution >= 4 is 70.9 Å². The maximum absolute atomic E-state index is 13.1. The van der Waals surface area contributed by atoms with Crippen LogP contribution in [-0.4, -0.2) is 19.2 Å². The van der Waals surface area contributed by atoms with E-state index >= 15 is 0 Å². The molecule has 0 aliphatic rings. The summed E-state index contributed by atoms with van der Waals surface area (Å²) in [4.78, 5) is 12.5. The van der Waals surface area contributed by atoms with Crippen molar-refractivity contribution in [3.63, 3.8) is 0 Å². The van der Waals surface area contributed by atoms with Gasteiger partial charge in [-0.2, -0.15) is 5.10 Å². The lowest BCUT2D eigenvalue weighted by Gasteiger charge is -2.13. The van der Waals surface area contributed by atoms with Crippen LogP contribution in [0, 0.1) is 5.82 Å². The highest BCUT2D eigenvalue weighted by molar-refractivity contribution is 9.11. The summed E-state index contributed by atoms with van der Waals surface area (Å²) >= 11 is 10.3. The van der Waals surface area contributed by atoms with Gasteiger partial charge in [0.15, 0.2) is 17.3 Å². The van der Waals surface area contributed by atoms with E-state index in [1.165, 1.54) is 25.5 Å².